The first-order valence-electron chi connectivity index (χ1n) is 6.72. The van der Waals surface area contributed by atoms with E-state index in [-0.39, 0.29) is 6.04 Å². The molecule has 1 unspecified atom stereocenters. The van der Waals surface area contributed by atoms with E-state index in [1.54, 1.807) is 0 Å². The van der Waals surface area contributed by atoms with Gasteiger partial charge < -0.3 is 14.8 Å². The summed E-state index contributed by atoms with van der Waals surface area (Å²) in [5, 5.41) is 4.27. The number of hydrogen-bond acceptors (Lipinski definition) is 6. The topological polar surface area (TPSA) is 56.3 Å². The smallest absolute Gasteiger partial charge is 0.203 e. The molecule has 0 saturated carbocycles. The summed E-state index contributed by atoms with van der Waals surface area (Å²) in [5.74, 6) is 2.44. The Balaban J connectivity index is 1.81. The molecule has 2 heterocycles. The molecule has 1 N–H and O–H groups in total. The van der Waals surface area contributed by atoms with Crippen molar-refractivity contribution in [3.8, 4) is 11.5 Å². The van der Waals surface area contributed by atoms with Crippen molar-refractivity contribution in [2.45, 2.75) is 26.3 Å². The second kappa shape index (κ2) is 5.66. The van der Waals surface area contributed by atoms with Gasteiger partial charge in [0, 0.05) is 11.5 Å². The molecule has 0 bridgehead atoms. The van der Waals surface area contributed by atoms with E-state index in [2.05, 4.69) is 27.7 Å². The van der Waals surface area contributed by atoms with E-state index >= 15 is 0 Å². The predicted octanol–water partition coefficient (Wildman–Crippen LogP) is 3.18. The monoisotopic (exact) mass is 291 g/mol. The van der Waals surface area contributed by atoms with Crippen molar-refractivity contribution in [1.82, 2.24) is 9.36 Å². The first kappa shape index (κ1) is 13.2. The number of nitrogens with zero attached hydrogens (tertiary/aromatic N) is 2. The van der Waals surface area contributed by atoms with Crippen molar-refractivity contribution in [3.63, 3.8) is 0 Å². The minimum Gasteiger partial charge on any atom is -0.486 e. The van der Waals surface area contributed by atoms with Crippen molar-refractivity contribution < 1.29 is 9.47 Å². The Bertz CT molecular complexity index is 600. The Morgan fingerprint density at radius 3 is 2.80 bits per heavy atom. The molecule has 2 aromatic rings. The summed E-state index contributed by atoms with van der Waals surface area (Å²) in [7, 11) is 0. The van der Waals surface area contributed by atoms with Crippen LogP contribution in [0.3, 0.4) is 0 Å². The highest BCUT2D eigenvalue weighted by Crippen LogP contribution is 2.34. The summed E-state index contributed by atoms with van der Waals surface area (Å²) < 4.78 is 15.4. The first-order chi connectivity index (χ1) is 9.76. The maximum atomic E-state index is 5.63. The van der Waals surface area contributed by atoms with E-state index in [0.717, 1.165) is 28.9 Å². The van der Waals surface area contributed by atoms with E-state index in [9.17, 15) is 0 Å². The van der Waals surface area contributed by atoms with Crippen molar-refractivity contribution in [3.05, 3.63) is 29.6 Å². The van der Waals surface area contributed by atoms with Gasteiger partial charge >= 0.3 is 0 Å². The first-order valence-corrected chi connectivity index (χ1v) is 7.50. The van der Waals surface area contributed by atoms with E-state index in [4.69, 9.17) is 9.47 Å². The zero-order valence-electron chi connectivity index (χ0n) is 11.5. The van der Waals surface area contributed by atoms with E-state index in [0.29, 0.717) is 13.2 Å². The van der Waals surface area contributed by atoms with Crippen LogP contribution in [-0.4, -0.2) is 22.6 Å². The Kier molecular flexibility index (Phi) is 3.73. The van der Waals surface area contributed by atoms with Crippen LogP contribution in [0.5, 0.6) is 11.5 Å². The highest BCUT2D eigenvalue weighted by atomic mass is 32.1. The van der Waals surface area contributed by atoms with Gasteiger partial charge in [-0.2, -0.15) is 4.37 Å². The fraction of sp³-hybridized carbons (Fsp3) is 0.429. The summed E-state index contributed by atoms with van der Waals surface area (Å²) in [5.41, 5.74) is 1.17. The van der Waals surface area contributed by atoms with Crippen LogP contribution in [-0.2, 0) is 0 Å². The van der Waals surface area contributed by atoms with Crippen molar-refractivity contribution in [2.75, 3.05) is 18.5 Å². The number of anilines is 1. The number of aromatic nitrogens is 2. The van der Waals surface area contributed by atoms with Crippen LogP contribution in [0.1, 0.15) is 30.8 Å². The molecule has 0 radical (unpaired) electrons. The molecule has 0 saturated heterocycles. The van der Waals surface area contributed by atoms with E-state index < -0.39 is 0 Å². The molecule has 0 fully saturated rings. The third-order valence-corrected chi connectivity index (χ3v) is 3.94. The van der Waals surface area contributed by atoms with Gasteiger partial charge in [0.1, 0.15) is 19.0 Å². The average Bonchev–Trinajstić information content (AvgIpc) is 2.89. The SMILES string of the molecule is CCC(Nc1nc(C)ns1)c1ccc2c(c1)OCCO2. The third-order valence-electron chi connectivity index (χ3n) is 3.20. The molecule has 3 rings (SSSR count). The second-order valence-corrected chi connectivity index (χ2v) is 5.41. The molecule has 0 aliphatic carbocycles. The summed E-state index contributed by atoms with van der Waals surface area (Å²) in [6, 6.07) is 6.28. The zero-order chi connectivity index (χ0) is 13.9. The normalized spacial score (nSPS) is 14.9. The van der Waals surface area contributed by atoms with Gasteiger partial charge in [0.25, 0.3) is 0 Å². The third kappa shape index (κ3) is 2.70. The van der Waals surface area contributed by atoms with Crippen LogP contribution in [0.25, 0.3) is 0 Å². The molecule has 1 aliphatic rings. The Hall–Kier alpha value is -1.82. The largest absolute Gasteiger partial charge is 0.486 e. The van der Waals surface area contributed by atoms with E-state index in [1.165, 1.54) is 17.1 Å². The lowest BCUT2D eigenvalue weighted by atomic mass is 10.0. The number of benzene rings is 1. The Morgan fingerprint density at radius 2 is 2.10 bits per heavy atom. The Morgan fingerprint density at radius 1 is 1.30 bits per heavy atom. The quantitative estimate of drug-likeness (QED) is 0.937. The molecule has 1 aliphatic heterocycles. The van der Waals surface area contributed by atoms with Crippen LogP contribution in [0.15, 0.2) is 18.2 Å². The molecule has 6 heteroatoms. The average molecular weight is 291 g/mol. The molecule has 1 atom stereocenters. The number of nitrogens with one attached hydrogen (secondary N) is 1. The molecule has 20 heavy (non-hydrogen) atoms. The van der Waals surface area contributed by atoms with Crippen molar-refractivity contribution in [2.24, 2.45) is 0 Å². The number of hydrogen-bond donors (Lipinski definition) is 1. The van der Waals surface area contributed by atoms with Crippen LogP contribution in [0.4, 0.5) is 5.13 Å². The summed E-state index contributed by atoms with van der Waals surface area (Å²) >= 11 is 1.39. The van der Waals surface area contributed by atoms with Crippen LogP contribution in [0, 0.1) is 6.92 Å². The predicted molar refractivity (Wildman–Crippen MR) is 78.7 cm³/mol. The van der Waals surface area contributed by atoms with Crippen LogP contribution in [0.2, 0.25) is 0 Å². The maximum Gasteiger partial charge on any atom is 0.203 e. The van der Waals surface area contributed by atoms with Gasteiger partial charge in [-0.25, -0.2) is 4.98 Å². The fourth-order valence-electron chi connectivity index (χ4n) is 2.20. The van der Waals surface area contributed by atoms with Gasteiger partial charge in [0.2, 0.25) is 5.13 Å². The van der Waals surface area contributed by atoms with E-state index in [1.807, 2.05) is 19.1 Å². The lowest BCUT2D eigenvalue weighted by molar-refractivity contribution is 0.171. The van der Waals surface area contributed by atoms with Gasteiger partial charge in [-0.05, 0) is 31.0 Å². The van der Waals surface area contributed by atoms with Crippen molar-refractivity contribution >= 4 is 16.7 Å². The number of ether oxygens (including phenoxy) is 2. The number of aryl methyl sites for hydroxylation is 1. The van der Waals surface area contributed by atoms with Gasteiger partial charge in [0.05, 0.1) is 6.04 Å². The molecular formula is C14H17N3O2S. The highest BCUT2D eigenvalue weighted by Gasteiger charge is 2.16. The lowest BCUT2D eigenvalue weighted by Gasteiger charge is -2.22. The minimum atomic E-state index is 0.193. The summed E-state index contributed by atoms with van der Waals surface area (Å²) in [6.07, 6.45) is 0.957. The molecule has 0 spiro atoms. The second-order valence-electron chi connectivity index (χ2n) is 4.66. The standard InChI is InChI=1S/C14H17N3O2S/c1-3-11(16-14-15-9(2)17-20-14)10-4-5-12-13(8-10)19-7-6-18-12/h4-5,8,11H,3,6-7H2,1-2H3,(H,15,16,17). The molecule has 1 aromatic carbocycles. The molecule has 1 aromatic heterocycles. The molecular weight excluding hydrogens is 274 g/mol. The van der Waals surface area contributed by atoms with Gasteiger partial charge in [0.15, 0.2) is 11.5 Å². The molecule has 0 amide bonds. The molecule has 5 nitrogen and oxygen atoms in total. The van der Waals surface area contributed by atoms with Gasteiger partial charge in [-0.3, -0.25) is 0 Å². The number of rotatable bonds is 4. The van der Waals surface area contributed by atoms with Crippen molar-refractivity contribution in [1.29, 1.82) is 0 Å². The Labute approximate surface area is 122 Å². The summed E-state index contributed by atoms with van der Waals surface area (Å²) in [4.78, 5) is 4.35. The van der Waals surface area contributed by atoms with Crippen LogP contribution >= 0.6 is 11.5 Å². The fourth-order valence-corrected chi connectivity index (χ4v) is 2.83. The highest BCUT2D eigenvalue weighted by molar-refractivity contribution is 7.09. The zero-order valence-corrected chi connectivity index (χ0v) is 12.4. The van der Waals surface area contributed by atoms with Crippen LogP contribution < -0.4 is 14.8 Å². The summed E-state index contributed by atoms with van der Waals surface area (Å²) in [6.45, 7) is 5.26. The van der Waals surface area contributed by atoms with Gasteiger partial charge in [-0.1, -0.05) is 13.0 Å². The van der Waals surface area contributed by atoms with Gasteiger partial charge in [-0.15, -0.1) is 0 Å². The minimum absolute atomic E-state index is 0.193. The number of fused-ring (bicyclic) bond motifs is 1. The lowest BCUT2D eigenvalue weighted by Crippen LogP contribution is -2.16. The maximum absolute atomic E-state index is 5.63. The molecule has 106 valence electrons.